The quantitative estimate of drug-likeness (QED) is 0.696. The number of aromatic nitrogens is 2. The van der Waals surface area contributed by atoms with Gasteiger partial charge in [-0.1, -0.05) is 6.92 Å². The Morgan fingerprint density at radius 3 is 2.37 bits per heavy atom. The lowest BCUT2D eigenvalue weighted by atomic mass is 10.4. The Morgan fingerprint density at radius 2 is 1.84 bits per heavy atom. The van der Waals surface area contributed by atoms with E-state index >= 15 is 0 Å². The second-order valence-electron chi connectivity index (χ2n) is 4.27. The van der Waals surface area contributed by atoms with Gasteiger partial charge in [-0.25, -0.2) is 13.2 Å². The molecule has 0 spiro atoms. The number of H-pyrrole nitrogens is 2. The molecule has 0 amide bonds. The van der Waals surface area contributed by atoms with Crippen LogP contribution in [0.4, 0.5) is 0 Å². The highest BCUT2D eigenvalue weighted by atomic mass is 32.2. The lowest BCUT2D eigenvalue weighted by Gasteiger charge is -2.32. The number of rotatable bonds is 3. The average Bonchev–Trinajstić information content (AvgIpc) is 2.38. The third-order valence-electron chi connectivity index (χ3n) is 3.18. The lowest BCUT2D eigenvalue weighted by Crippen LogP contribution is -2.49. The first kappa shape index (κ1) is 14.0. The van der Waals surface area contributed by atoms with E-state index in [0.29, 0.717) is 26.2 Å². The molecule has 1 aromatic heterocycles. The molecule has 0 bridgehead atoms. The summed E-state index contributed by atoms with van der Waals surface area (Å²) >= 11 is 0. The van der Waals surface area contributed by atoms with Crippen molar-refractivity contribution in [3.8, 4) is 0 Å². The Balaban J connectivity index is 2.28. The van der Waals surface area contributed by atoms with Crippen LogP contribution in [-0.2, 0) is 10.0 Å². The zero-order valence-electron chi connectivity index (χ0n) is 10.5. The van der Waals surface area contributed by atoms with E-state index in [9.17, 15) is 18.0 Å². The minimum atomic E-state index is -3.85. The topological polar surface area (TPSA) is 106 Å². The van der Waals surface area contributed by atoms with Crippen molar-refractivity contribution in [2.45, 2.75) is 11.8 Å². The third kappa shape index (κ3) is 2.77. The van der Waals surface area contributed by atoms with Gasteiger partial charge in [0.15, 0.2) is 4.90 Å². The molecule has 0 unspecified atom stereocenters. The maximum atomic E-state index is 12.3. The Bertz CT molecular complexity index is 655. The molecule has 1 fully saturated rings. The van der Waals surface area contributed by atoms with Gasteiger partial charge in [0.1, 0.15) is 0 Å². The van der Waals surface area contributed by atoms with Crippen molar-refractivity contribution in [1.29, 1.82) is 0 Å². The molecule has 1 aromatic rings. The molecule has 0 radical (unpaired) electrons. The summed E-state index contributed by atoms with van der Waals surface area (Å²) < 4.78 is 25.8. The first-order valence-corrected chi connectivity index (χ1v) is 7.43. The van der Waals surface area contributed by atoms with Crippen molar-refractivity contribution in [3.05, 3.63) is 27.0 Å². The average molecular weight is 288 g/mol. The highest BCUT2D eigenvalue weighted by molar-refractivity contribution is 7.89. The second kappa shape index (κ2) is 5.27. The number of piperazine rings is 1. The number of nitrogens with one attached hydrogen (secondary N) is 2. The fraction of sp³-hybridized carbons (Fsp3) is 0.600. The molecule has 2 N–H and O–H groups in total. The maximum absolute atomic E-state index is 12.3. The number of hydrogen-bond acceptors (Lipinski definition) is 5. The van der Waals surface area contributed by atoms with Crippen LogP contribution in [0.5, 0.6) is 0 Å². The molecule has 2 heterocycles. The van der Waals surface area contributed by atoms with E-state index in [-0.39, 0.29) is 0 Å². The van der Waals surface area contributed by atoms with E-state index in [2.05, 4.69) is 9.88 Å². The lowest BCUT2D eigenvalue weighted by molar-refractivity contribution is 0.196. The van der Waals surface area contributed by atoms with Gasteiger partial charge in [0, 0.05) is 32.4 Å². The highest BCUT2D eigenvalue weighted by Gasteiger charge is 2.30. The van der Waals surface area contributed by atoms with Crippen molar-refractivity contribution in [2.24, 2.45) is 0 Å². The molecule has 2 rings (SSSR count). The van der Waals surface area contributed by atoms with Gasteiger partial charge < -0.3 is 9.88 Å². The van der Waals surface area contributed by atoms with Gasteiger partial charge in [-0.05, 0) is 6.54 Å². The number of likely N-dealkylation sites (N-methyl/N-ethyl adjacent to an activating group) is 1. The van der Waals surface area contributed by atoms with Gasteiger partial charge in [-0.15, -0.1) is 0 Å². The van der Waals surface area contributed by atoms with Crippen LogP contribution in [-0.4, -0.2) is 60.3 Å². The molecule has 106 valence electrons. The first-order valence-electron chi connectivity index (χ1n) is 5.99. The Labute approximate surface area is 110 Å². The minimum absolute atomic E-state index is 0.342. The van der Waals surface area contributed by atoms with Crippen LogP contribution in [0.1, 0.15) is 6.92 Å². The summed E-state index contributed by atoms with van der Waals surface area (Å²) in [6.45, 7) is 4.83. The smallest absolute Gasteiger partial charge is 0.313 e. The molecule has 19 heavy (non-hydrogen) atoms. The monoisotopic (exact) mass is 288 g/mol. The molecular weight excluding hydrogens is 272 g/mol. The molecular formula is C10H16N4O4S. The van der Waals surface area contributed by atoms with Crippen molar-refractivity contribution in [3.63, 3.8) is 0 Å². The molecule has 0 atom stereocenters. The fourth-order valence-electron chi connectivity index (χ4n) is 2.01. The molecule has 1 aliphatic heterocycles. The second-order valence-corrected chi connectivity index (χ2v) is 6.18. The minimum Gasteiger partial charge on any atom is -0.313 e. The standard InChI is InChI=1S/C10H16N4O4S/c1-2-13-3-5-14(6-4-13)19(17,18)8-7-11-10(16)12-9(8)15/h7H,2-6H2,1H3,(H2,11,12,15,16). The Kier molecular flexibility index (Phi) is 3.88. The fourth-order valence-corrected chi connectivity index (χ4v) is 3.43. The van der Waals surface area contributed by atoms with Crippen LogP contribution in [0.25, 0.3) is 0 Å². The summed E-state index contributed by atoms with van der Waals surface area (Å²) in [7, 11) is -3.85. The van der Waals surface area contributed by atoms with Crippen LogP contribution in [0.3, 0.4) is 0 Å². The largest absolute Gasteiger partial charge is 0.325 e. The number of aromatic amines is 2. The summed E-state index contributed by atoms with van der Waals surface area (Å²) in [5.41, 5.74) is -1.61. The van der Waals surface area contributed by atoms with E-state index in [1.54, 1.807) is 0 Å². The highest BCUT2D eigenvalue weighted by Crippen LogP contribution is 2.12. The molecule has 0 saturated carbocycles. The van der Waals surface area contributed by atoms with Crippen molar-refractivity contribution in [2.75, 3.05) is 32.7 Å². The molecule has 9 heteroatoms. The van der Waals surface area contributed by atoms with E-state index in [4.69, 9.17) is 0 Å². The molecule has 1 aliphatic rings. The van der Waals surface area contributed by atoms with Crippen LogP contribution in [0, 0.1) is 0 Å². The molecule has 0 aliphatic carbocycles. The van der Waals surface area contributed by atoms with Gasteiger partial charge in [0.25, 0.3) is 5.56 Å². The van der Waals surface area contributed by atoms with Crippen molar-refractivity contribution in [1.82, 2.24) is 19.2 Å². The van der Waals surface area contributed by atoms with E-state index in [1.807, 2.05) is 11.9 Å². The van der Waals surface area contributed by atoms with Crippen molar-refractivity contribution < 1.29 is 8.42 Å². The summed E-state index contributed by atoms with van der Waals surface area (Å²) in [4.78, 5) is 28.3. The zero-order valence-corrected chi connectivity index (χ0v) is 11.4. The summed E-state index contributed by atoms with van der Waals surface area (Å²) in [5.74, 6) is 0. The van der Waals surface area contributed by atoms with Gasteiger partial charge in [0.2, 0.25) is 10.0 Å². The van der Waals surface area contributed by atoms with E-state index in [0.717, 1.165) is 12.7 Å². The SMILES string of the molecule is CCN1CCN(S(=O)(=O)c2c[nH]c(=O)[nH]c2=O)CC1. The van der Waals surface area contributed by atoms with Crippen LogP contribution in [0.2, 0.25) is 0 Å². The van der Waals surface area contributed by atoms with Crippen LogP contribution < -0.4 is 11.2 Å². The predicted octanol–water partition coefficient (Wildman–Crippen LogP) is -1.61. The summed E-state index contributed by atoms with van der Waals surface area (Å²) in [6.07, 6.45) is 0.947. The first-order chi connectivity index (χ1) is 8.95. The number of hydrogen-bond donors (Lipinski definition) is 2. The third-order valence-corrected chi connectivity index (χ3v) is 5.09. The number of nitrogens with zero attached hydrogens (tertiary/aromatic N) is 2. The molecule has 0 aromatic carbocycles. The molecule has 8 nitrogen and oxygen atoms in total. The number of sulfonamides is 1. The van der Waals surface area contributed by atoms with Gasteiger partial charge in [0.05, 0.1) is 0 Å². The maximum Gasteiger partial charge on any atom is 0.325 e. The Morgan fingerprint density at radius 1 is 1.21 bits per heavy atom. The summed E-state index contributed by atoms with van der Waals surface area (Å²) in [6, 6.07) is 0. The van der Waals surface area contributed by atoms with Crippen LogP contribution >= 0.6 is 0 Å². The van der Waals surface area contributed by atoms with Gasteiger partial charge in [-0.3, -0.25) is 9.78 Å². The summed E-state index contributed by atoms with van der Waals surface area (Å²) in [5, 5.41) is 0. The predicted molar refractivity (Wildman–Crippen MR) is 68.6 cm³/mol. The van der Waals surface area contributed by atoms with Crippen molar-refractivity contribution >= 4 is 10.0 Å². The zero-order chi connectivity index (χ0) is 14.0. The van der Waals surface area contributed by atoms with Gasteiger partial charge >= 0.3 is 5.69 Å². The Hall–Kier alpha value is -1.45. The normalized spacial score (nSPS) is 18.6. The van der Waals surface area contributed by atoms with E-state index in [1.165, 1.54) is 4.31 Å². The van der Waals surface area contributed by atoms with E-state index < -0.39 is 26.2 Å². The van der Waals surface area contributed by atoms with Gasteiger partial charge in [-0.2, -0.15) is 4.31 Å². The van der Waals surface area contributed by atoms with Crippen LogP contribution in [0.15, 0.2) is 20.7 Å². The molecule has 1 saturated heterocycles.